The molecule has 1 aromatic carbocycles. The largest absolute Gasteiger partial charge is 0.497 e. The fourth-order valence-electron chi connectivity index (χ4n) is 3.88. The van der Waals surface area contributed by atoms with Crippen LogP contribution >= 0.6 is 0 Å². The molecule has 140 valence electrons. The van der Waals surface area contributed by atoms with Crippen molar-refractivity contribution < 1.29 is 13.2 Å². The van der Waals surface area contributed by atoms with E-state index in [1.54, 1.807) is 15.7 Å². The Balaban J connectivity index is 1.86. The third-order valence-electron chi connectivity index (χ3n) is 5.57. The van der Waals surface area contributed by atoms with E-state index in [4.69, 9.17) is 4.74 Å². The maximum Gasteiger partial charge on any atom is 0.282 e. The van der Waals surface area contributed by atoms with Crippen LogP contribution in [-0.4, -0.2) is 43.8 Å². The predicted octanol–water partition coefficient (Wildman–Crippen LogP) is 3.59. The summed E-state index contributed by atoms with van der Waals surface area (Å²) in [7, 11) is -1.76. The lowest BCUT2D eigenvalue weighted by molar-refractivity contribution is 0.245. The number of piperidine rings is 1. The molecule has 0 N–H and O–H groups in total. The summed E-state index contributed by atoms with van der Waals surface area (Å²) in [6, 6.07) is 7.80. The second-order valence-corrected chi connectivity index (χ2v) is 9.22. The van der Waals surface area contributed by atoms with Gasteiger partial charge in [-0.1, -0.05) is 31.9 Å². The van der Waals surface area contributed by atoms with E-state index in [-0.39, 0.29) is 6.04 Å². The zero-order chi connectivity index (χ0) is 17.9. The summed E-state index contributed by atoms with van der Waals surface area (Å²) in [5, 5.41) is 0. The second kappa shape index (κ2) is 8.06. The molecular weight excluding hydrogens is 336 g/mol. The van der Waals surface area contributed by atoms with Gasteiger partial charge in [0.25, 0.3) is 10.2 Å². The van der Waals surface area contributed by atoms with Gasteiger partial charge in [0.05, 0.1) is 13.2 Å². The molecule has 25 heavy (non-hydrogen) atoms. The minimum atomic E-state index is -3.41. The normalized spacial score (nSPS) is 24.8. The molecular formula is C19H30N2O3S. The summed E-state index contributed by atoms with van der Waals surface area (Å²) in [4.78, 5) is 0. The number of hydrogen-bond acceptors (Lipinski definition) is 3. The average molecular weight is 367 g/mol. The van der Waals surface area contributed by atoms with Gasteiger partial charge in [-0.2, -0.15) is 17.0 Å². The van der Waals surface area contributed by atoms with Crippen LogP contribution in [0.4, 0.5) is 0 Å². The van der Waals surface area contributed by atoms with Crippen molar-refractivity contribution in [2.75, 3.05) is 26.7 Å². The second-order valence-electron chi connectivity index (χ2n) is 7.34. The molecule has 2 heterocycles. The predicted molar refractivity (Wildman–Crippen MR) is 99.8 cm³/mol. The van der Waals surface area contributed by atoms with Crippen molar-refractivity contribution in [1.29, 1.82) is 0 Å². The highest BCUT2D eigenvalue weighted by atomic mass is 32.2. The quantitative estimate of drug-likeness (QED) is 0.818. The number of methoxy groups -OCH3 is 1. The number of nitrogens with zero attached hydrogens (tertiary/aromatic N) is 2. The van der Waals surface area contributed by atoms with Crippen molar-refractivity contribution in [2.24, 2.45) is 5.92 Å². The Labute approximate surface area is 152 Å². The van der Waals surface area contributed by atoms with Crippen LogP contribution in [0.15, 0.2) is 24.3 Å². The van der Waals surface area contributed by atoms with Crippen LogP contribution in [0, 0.1) is 5.92 Å². The van der Waals surface area contributed by atoms with Gasteiger partial charge in [-0.05, 0) is 49.3 Å². The van der Waals surface area contributed by atoms with Gasteiger partial charge in [-0.25, -0.2) is 0 Å². The molecule has 0 radical (unpaired) electrons. The van der Waals surface area contributed by atoms with E-state index in [0.717, 1.165) is 49.8 Å². The number of ether oxygens (including phenoxy) is 1. The first-order valence-electron chi connectivity index (χ1n) is 9.43. The van der Waals surface area contributed by atoms with Crippen LogP contribution in [-0.2, 0) is 10.2 Å². The lowest BCUT2D eigenvalue weighted by Crippen LogP contribution is -2.48. The van der Waals surface area contributed by atoms with Crippen molar-refractivity contribution in [3.8, 4) is 5.75 Å². The van der Waals surface area contributed by atoms with Gasteiger partial charge < -0.3 is 4.74 Å². The van der Waals surface area contributed by atoms with Gasteiger partial charge in [0.1, 0.15) is 5.75 Å². The minimum Gasteiger partial charge on any atom is -0.497 e. The van der Waals surface area contributed by atoms with E-state index in [9.17, 15) is 8.42 Å². The standard InChI is InChI=1S/C19H30N2O3S/c1-16-11-14-20(15-12-16)25(22,23)21-13-5-3-4-6-19(21)17-7-9-18(24-2)10-8-17/h7-10,16,19H,3-6,11-15H2,1-2H3/t19-/m1/s1. The Kier molecular flexibility index (Phi) is 6.02. The topological polar surface area (TPSA) is 49.9 Å². The summed E-state index contributed by atoms with van der Waals surface area (Å²) in [5.41, 5.74) is 1.07. The number of hydrogen-bond donors (Lipinski definition) is 0. The molecule has 1 aromatic rings. The molecule has 0 saturated carbocycles. The summed E-state index contributed by atoms with van der Waals surface area (Å²) in [5.74, 6) is 1.42. The maximum absolute atomic E-state index is 13.3. The van der Waals surface area contributed by atoms with E-state index >= 15 is 0 Å². The summed E-state index contributed by atoms with van der Waals surface area (Å²) >= 11 is 0. The minimum absolute atomic E-state index is 0.0715. The van der Waals surface area contributed by atoms with Crippen LogP contribution in [0.1, 0.15) is 57.1 Å². The third kappa shape index (κ3) is 4.18. The maximum atomic E-state index is 13.3. The number of rotatable bonds is 4. The Morgan fingerprint density at radius 1 is 0.960 bits per heavy atom. The molecule has 5 nitrogen and oxygen atoms in total. The molecule has 0 aromatic heterocycles. The Hall–Kier alpha value is -1.11. The van der Waals surface area contributed by atoms with Crippen molar-refractivity contribution in [1.82, 2.24) is 8.61 Å². The number of benzene rings is 1. The SMILES string of the molecule is COc1ccc([C@H]2CCCCCN2S(=O)(=O)N2CCC(C)CC2)cc1. The molecule has 2 saturated heterocycles. The van der Waals surface area contributed by atoms with Gasteiger partial charge in [0.15, 0.2) is 0 Å². The van der Waals surface area contributed by atoms with Gasteiger partial charge in [0.2, 0.25) is 0 Å². The van der Waals surface area contributed by atoms with Gasteiger partial charge >= 0.3 is 0 Å². The molecule has 3 rings (SSSR count). The van der Waals surface area contributed by atoms with E-state index in [1.165, 1.54) is 0 Å². The highest BCUT2D eigenvalue weighted by molar-refractivity contribution is 7.86. The molecule has 6 heteroatoms. The Morgan fingerprint density at radius 3 is 2.28 bits per heavy atom. The lowest BCUT2D eigenvalue weighted by atomic mass is 10.0. The van der Waals surface area contributed by atoms with E-state index in [0.29, 0.717) is 25.6 Å². The lowest BCUT2D eigenvalue weighted by Gasteiger charge is -2.37. The first-order valence-corrected chi connectivity index (χ1v) is 10.8. The fourth-order valence-corrected chi connectivity index (χ4v) is 5.76. The Morgan fingerprint density at radius 2 is 1.64 bits per heavy atom. The molecule has 0 amide bonds. The van der Waals surface area contributed by atoms with Gasteiger partial charge in [-0.3, -0.25) is 0 Å². The zero-order valence-electron chi connectivity index (χ0n) is 15.4. The third-order valence-corrected chi connectivity index (χ3v) is 7.62. The van der Waals surface area contributed by atoms with Crippen molar-refractivity contribution in [3.05, 3.63) is 29.8 Å². The first kappa shape index (κ1) is 18.7. The molecule has 0 bridgehead atoms. The fraction of sp³-hybridized carbons (Fsp3) is 0.684. The van der Waals surface area contributed by atoms with E-state index in [1.807, 2.05) is 24.3 Å². The molecule has 1 atom stereocenters. The van der Waals surface area contributed by atoms with Crippen LogP contribution in [0.25, 0.3) is 0 Å². The molecule has 0 unspecified atom stereocenters. The monoisotopic (exact) mass is 366 g/mol. The average Bonchev–Trinajstić information content (AvgIpc) is 2.89. The molecule has 2 aliphatic rings. The van der Waals surface area contributed by atoms with Crippen LogP contribution in [0.3, 0.4) is 0 Å². The van der Waals surface area contributed by atoms with Crippen LogP contribution in [0.5, 0.6) is 5.75 Å². The summed E-state index contributed by atoms with van der Waals surface area (Å²) in [6.45, 7) is 4.12. The van der Waals surface area contributed by atoms with Gasteiger partial charge in [-0.15, -0.1) is 0 Å². The van der Waals surface area contributed by atoms with E-state index < -0.39 is 10.2 Å². The molecule has 2 fully saturated rings. The van der Waals surface area contributed by atoms with Crippen molar-refractivity contribution in [3.63, 3.8) is 0 Å². The molecule has 0 spiro atoms. The molecule has 0 aliphatic carbocycles. The summed E-state index contributed by atoms with van der Waals surface area (Å²) in [6.07, 6.45) is 5.90. The van der Waals surface area contributed by atoms with E-state index in [2.05, 4.69) is 6.92 Å². The first-order chi connectivity index (χ1) is 12.0. The van der Waals surface area contributed by atoms with Gasteiger partial charge in [0, 0.05) is 19.6 Å². The van der Waals surface area contributed by atoms with Crippen molar-refractivity contribution >= 4 is 10.2 Å². The molecule has 2 aliphatic heterocycles. The van der Waals surface area contributed by atoms with Crippen molar-refractivity contribution in [2.45, 2.75) is 51.5 Å². The van der Waals surface area contributed by atoms with Crippen LogP contribution < -0.4 is 4.74 Å². The highest BCUT2D eigenvalue weighted by Gasteiger charge is 2.37. The smallest absolute Gasteiger partial charge is 0.282 e. The van der Waals surface area contributed by atoms with Crippen LogP contribution in [0.2, 0.25) is 0 Å². The zero-order valence-corrected chi connectivity index (χ0v) is 16.2. The highest BCUT2D eigenvalue weighted by Crippen LogP contribution is 2.35. The Bertz CT molecular complexity index is 652. The summed E-state index contributed by atoms with van der Waals surface area (Å²) < 4.78 is 35.4.